The average molecular weight is 352 g/mol. The highest BCUT2D eigenvalue weighted by molar-refractivity contribution is 5.41. The van der Waals surface area contributed by atoms with E-state index in [1.54, 1.807) is 48.5 Å². The van der Waals surface area contributed by atoms with Crippen LogP contribution in [0.2, 0.25) is 0 Å². The second-order valence-corrected chi connectivity index (χ2v) is 6.05. The Labute approximate surface area is 154 Å². The van der Waals surface area contributed by atoms with Crippen molar-refractivity contribution in [1.82, 2.24) is 0 Å². The smallest absolute Gasteiger partial charge is 0.115 e. The zero-order valence-electron chi connectivity index (χ0n) is 15.0. The van der Waals surface area contributed by atoms with Crippen molar-refractivity contribution in [2.75, 3.05) is 0 Å². The first-order valence-electron chi connectivity index (χ1n) is 8.01. The van der Waals surface area contributed by atoms with Gasteiger partial charge in [0.15, 0.2) is 0 Å². The van der Waals surface area contributed by atoms with Gasteiger partial charge in [0.1, 0.15) is 24.0 Å². The molecule has 26 heavy (non-hydrogen) atoms. The molecule has 0 aliphatic heterocycles. The minimum Gasteiger partial charge on any atom is -0.508 e. The van der Waals surface area contributed by atoms with E-state index in [4.69, 9.17) is 9.90 Å². The molecule has 0 amide bonds. The van der Waals surface area contributed by atoms with Crippen LogP contribution in [0.5, 0.6) is 17.2 Å². The van der Waals surface area contributed by atoms with Gasteiger partial charge in [-0.25, -0.2) is 0 Å². The highest BCUT2D eigenvalue weighted by Gasteiger charge is 2.22. The van der Waals surface area contributed by atoms with Gasteiger partial charge in [0.2, 0.25) is 0 Å². The van der Waals surface area contributed by atoms with Gasteiger partial charge in [0, 0.05) is 5.41 Å². The lowest BCUT2D eigenvalue weighted by molar-refractivity contribution is -0.0979. The van der Waals surface area contributed by atoms with E-state index in [0.29, 0.717) is 5.75 Å². The van der Waals surface area contributed by atoms with Gasteiger partial charge in [-0.3, -0.25) is 0 Å². The van der Waals surface area contributed by atoms with E-state index in [-0.39, 0.29) is 16.9 Å². The quantitative estimate of drug-likeness (QED) is 0.628. The summed E-state index contributed by atoms with van der Waals surface area (Å²) in [5.74, 6) is 0.869. The molecule has 0 heterocycles. The zero-order valence-corrected chi connectivity index (χ0v) is 15.0. The molecule has 3 aromatic carbocycles. The van der Waals surface area contributed by atoms with Crippen LogP contribution < -0.4 is 0 Å². The fourth-order valence-electron chi connectivity index (χ4n) is 2.35. The number of benzene rings is 3. The van der Waals surface area contributed by atoms with Crippen LogP contribution >= 0.6 is 0 Å². The van der Waals surface area contributed by atoms with E-state index < -0.39 is 0 Å². The van der Waals surface area contributed by atoms with Crippen LogP contribution in [0.1, 0.15) is 25.0 Å². The Morgan fingerprint density at radius 2 is 0.885 bits per heavy atom. The number of carbonyl (C=O) groups is 1. The molecular weight excluding hydrogens is 328 g/mol. The van der Waals surface area contributed by atoms with Gasteiger partial charge >= 0.3 is 0 Å². The van der Waals surface area contributed by atoms with Crippen molar-refractivity contribution in [3.63, 3.8) is 0 Å². The number of phenolic OH excluding ortho intramolecular Hbond substituents is 3. The monoisotopic (exact) mass is 352 g/mol. The minimum atomic E-state index is -0.151. The predicted octanol–water partition coefficient (Wildman–Crippen LogP) is 4.63. The number of carbonyl (C=O) groups excluding carboxylic acids is 1. The van der Waals surface area contributed by atoms with Crippen molar-refractivity contribution < 1.29 is 20.1 Å². The van der Waals surface area contributed by atoms with E-state index in [1.165, 1.54) is 0 Å². The van der Waals surface area contributed by atoms with Crippen LogP contribution in [0.3, 0.4) is 0 Å². The predicted molar refractivity (Wildman–Crippen MR) is 104 cm³/mol. The average Bonchev–Trinajstić information content (AvgIpc) is 2.65. The number of phenols is 3. The Morgan fingerprint density at radius 3 is 1.15 bits per heavy atom. The fourth-order valence-corrected chi connectivity index (χ4v) is 2.35. The van der Waals surface area contributed by atoms with E-state index in [2.05, 4.69) is 13.8 Å². The van der Waals surface area contributed by atoms with Crippen molar-refractivity contribution in [2.45, 2.75) is 19.3 Å². The second kappa shape index (κ2) is 9.89. The van der Waals surface area contributed by atoms with Crippen LogP contribution in [-0.4, -0.2) is 22.1 Å². The standard InChI is InChI=1S/C15H16O2.C6H6O.CH2O/c1-15(2,11-3-7-13(16)8-4-11)12-5-9-14(17)10-6-12;7-6-4-2-1-3-5-6;1-2/h3-10,16-17H,1-2H3;1-5,7H;1H2. The van der Waals surface area contributed by atoms with Crippen molar-refractivity contribution in [1.29, 1.82) is 0 Å². The third-order valence-electron chi connectivity index (χ3n) is 3.93. The molecule has 0 atom stereocenters. The lowest BCUT2D eigenvalue weighted by atomic mass is 9.78. The second-order valence-electron chi connectivity index (χ2n) is 6.05. The summed E-state index contributed by atoms with van der Waals surface area (Å²) in [7, 11) is 0. The molecule has 4 heteroatoms. The van der Waals surface area contributed by atoms with Crippen LogP contribution in [0, 0.1) is 0 Å². The topological polar surface area (TPSA) is 77.8 Å². The Balaban J connectivity index is 0.000000313. The number of hydrogen-bond donors (Lipinski definition) is 3. The van der Waals surface area contributed by atoms with Crippen LogP contribution in [0.4, 0.5) is 0 Å². The van der Waals surface area contributed by atoms with E-state index >= 15 is 0 Å². The van der Waals surface area contributed by atoms with Crippen LogP contribution in [-0.2, 0) is 10.2 Å². The summed E-state index contributed by atoms with van der Waals surface area (Å²) in [6, 6.07) is 23.2. The van der Waals surface area contributed by atoms with Crippen molar-refractivity contribution in [3.05, 3.63) is 90.0 Å². The molecule has 0 aliphatic rings. The molecule has 3 N–H and O–H groups in total. The van der Waals surface area contributed by atoms with Crippen LogP contribution in [0.25, 0.3) is 0 Å². The Kier molecular flexibility index (Phi) is 7.90. The molecule has 0 bridgehead atoms. The van der Waals surface area contributed by atoms with Gasteiger partial charge in [0.25, 0.3) is 0 Å². The SMILES string of the molecule is C=O.CC(C)(c1ccc(O)cc1)c1ccc(O)cc1.Oc1ccccc1. The summed E-state index contributed by atoms with van der Waals surface area (Å²) in [6.07, 6.45) is 0. The summed E-state index contributed by atoms with van der Waals surface area (Å²) in [5, 5.41) is 27.2. The van der Waals surface area contributed by atoms with Crippen molar-refractivity contribution >= 4 is 6.79 Å². The molecule has 0 unspecified atom stereocenters. The van der Waals surface area contributed by atoms with E-state index in [1.807, 2.05) is 37.1 Å². The van der Waals surface area contributed by atoms with Crippen molar-refractivity contribution in [2.24, 2.45) is 0 Å². The summed E-state index contributed by atoms with van der Waals surface area (Å²) in [5.41, 5.74) is 2.10. The highest BCUT2D eigenvalue weighted by atomic mass is 16.3. The molecule has 0 spiro atoms. The molecule has 0 aromatic heterocycles. The highest BCUT2D eigenvalue weighted by Crippen LogP contribution is 2.32. The molecule has 0 saturated heterocycles. The summed E-state index contributed by atoms with van der Waals surface area (Å²) in [6.45, 7) is 6.23. The minimum absolute atomic E-state index is 0.151. The van der Waals surface area contributed by atoms with Crippen molar-refractivity contribution in [3.8, 4) is 17.2 Å². The fraction of sp³-hybridized carbons (Fsp3) is 0.136. The van der Waals surface area contributed by atoms with Gasteiger partial charge < -0.3 is 20.1 Å². The largest absolute Gasteiger partial charge is 0.508 e. The van der Waals surface area contributed by atoms with Gasteiger partial charge in [-0.1, -0.05) is 56.3 Å². The maximum atomic E-state index is 9.30. The number of aromatic hydroxyl groups is 3. The molecule has 0 aliphatic carbocycles. The molecule has 0 radical (unpaired) electrons. The van der Waals surface area contributed by atoms with Gasteiger partial charge in [-0.15, -0.1) is 0 Å². The Bertz CT molecular complexity index is 716. The maximum absolute atomic E-state index is 9.30. The normalized spacial score (nSPS) is 9.92. The number of para-hydroxylation sites is 1. The maximum Gasteiger partial charge on any atom is 0.115 e. The molecule has 0 saturated carbocycles. The lowest BCUT2D eigenvalue weighted by Crippen LogP contribution is -2.18. The van der Waals surface area contributed by atoms with Crippen LogP contribution in [0.15, 0.2) is 78.9 Å². The number of rotatable bonds is 2. The molecule has 0 fully saturated rings. The number of hydrogen-bond acceptors (Lipinski definition) is 4. The Hall–Kier alpha value is -3.27. The summed E-state index contributed by atoms with van der Waals surface area (Å²) >= 11 is 0. The molecule has 136 valence electrons. The zero-order chi connectivity index (χ0) is 19.6. The molecule has 4 nitrogen and oxygen atoms in total. The first-order valence-corrected chi connectivity index (χ1v) is 8.01. The van der Waals surface area contributed by atoms with Gasteiger partial charge in [-0.05, 0) is 47.5 Å². The lowest BCUT2D eigenvalue weighted by Gasteiger charge is -2.26. The summed E-state index contributed by atoms with van der Waals surface area (Å²) < 4.78 is 0. The molecule has 3 aromatic rings. The molecular formula is C22H24O4. The molecule has 3 rings (SSSR count). The Morgan fingerprint density at radius 1 is 0.577 bits per heavy atom. The third kappa shape index (κ3) is 5.98. The third-order valence-corrected chi connectivity index (χ3v) is 3.93. The first kappa shape index (κ1) is 20.8. The van der Waals surface area contributed by atoms with E-state index in [9.17, 15) is 10.2 Å². The van der Waals surface area contributed by atoms with E-state index in [0.717, 1.165) is 11.1 Å². The van der Waals surface area contributed by atoms with Gasteiger partial charge in [-0.2, -0.15) is 0 Å². The first-order chi connectivity index (χ1) is 12.4. The summed E-state index contributed by atoms with van der Waals surface area (Å²) in [4.78, 5) is 8.00. The van der Waals surface area contributed by atoms with Gasteiger partial charge in [0.05, 0.1) is 0 Å².